The van der Waals surface area contributed by atoms with Gasteiger partial charge in [-0.25, -0.2) is 4.99 Å². The van der Waals surface area contributed by atoms with Gasteiger partial charge in [0.1, 0.15) is 5.58 Å². The fraction of sp³-hybridized carbons (Fsp3) is 0.308. The van der Waals surface area contributed by atoms with Crippen LogP contribution in [-0.2, 0) is 11.3 Å². The lowest BCUT2D eigenvalue weighted by Crippen LogP contribution is -2.27. The third-order valence-corrected chi connectivity index (χ3v) is 6.75. The summed E-state index contributed by atoms with van der Waals surface area (Å²) in [6.45, 7) is 6.64. The molecule has 4 aromatic rings. The number of fused-ring (bicyclic) bond motifs is 1. The molecule has 0 aliphatic carbocycles. The molecule has 0 atom stereocenters. The molecule has 5 nitrogen and oxygen atoms in total. The summed E-state index contributed by atoms with van der Waals surface area (Å²) in [7, 11) is 0. The van der Waals surface area contributed by atoms with Crippen LogP contribution in [0.25, 0.3) is 22.4 Å². The van der Waals surface area contributed by atoms with Crippen molar-refractivity contribution >= 4 is 33.9 Å². The lowest BCUT2D eigenvalue weighted by atomic mass is 10.1. The Balaban J connectivity index is 1.52. The van der Waals surface area contributed by atoms with Gasteiger partial charge >= 0.3 is 0 Å². The van der Waals surface area contributed by atoms with Crippen molar-refractivity contribution in [2.45, 2.75) is 39.7 Å². The number of benzene rings is 2. The Hall–Kier alpha value is -3.12. The summed E-state index contributed by atoms with van der Waals surface area (Å²) in [6, 6.07) is 16.6. The summed E-state index contributed by atoms with van der Waals surface area (Å²) < 4.78 is 8.41. The number of aromatic nitrogens is 1. The molecule has 0 unspecified atom stereocenters. The summed E-state index contributed by atoms with van der Waals surface area (Å²) in [5.74, 6) is 1.12. The first-order valence-electron chi connectivity index (χ1n) is 11.1. The van der Waals surface area contributed by atoms with Gasteiger partial charge in [-0.15, -0.1) is 11.3 Å². The second-order valence-electron chi connectivity index (χ2n) is 8.50. The second-order valence-corrected chi connectivity index (χ2v) is 9.34. The first kappa shape index (κ1) is 20.8. The average Bonchev–Trinajstić information content (AvgIpc) is 3.46. The molecular weight excluding hydrogens is 418 g/mol. The fourth-order valence-corrected chi connectivity index (χ4v) is 5.36. The number of furan rings is 1. The van der Waals surface area contributed by atoms with Crippen LogP contribution in [0.2, 0.25) is 0 Å². The Kier molecular flexibility index (Phi) is 5.70. The monoisotopic (exact) mass is 445 g/mol. The van der Waals surface area contributed by atoms with E-state index in [-0.39, 0.29) is 5.91 Å². The van der Waals surface area contributed by atoms with E-state index >= 15 is 0 Å². The van der Waals surface area contributed by atoms with Gasteiger partial charge < -0.3 is 13.9 Å². The molecule has 5 rings (SSSR count). The van der Waals surface area contributed by atoms with Crippen molar-refractivity contribution in [3.05, 3.63) is 69.8 Å². The molecule has 1 saturated heterocycles. The molecular formula is C26H27N3O2S. The molecule has 1 amide bonds. The molecule has 164 valence electrons. The van der Waals surface area contributed by atoms with Crippen molar-refractivity contribution in [3.8, 4) is 11.5 Å². The zero-order valence-corrected chi connectivity index (χ0v) is 19.3. The molecule has 6 heteroatoms. The van der Waals surface area contributed by atoms with Gasteiger partial charge in [0.05, 0.1) is 11.4 Å². The quantitative estimate of drug-likeness (QED) is 0.375. The van der Waals surface area contributed by atoms with Gasteiger partial charge in [-0.05, 0) is 62.1 Å². The maximum Gasteiger partial charge on any atom is 0.222 e. The summed E-state index contributed by atoms with van der Waals surface area (Å²) in [5.41, 5.74) is 5.29. The van der Waals surface area contributed by atoms with Crippen LogP contribution in [-0.4, -0.2) is 28.5 Å². The van der Waals surface area contributed by atoms with E-state index in [4.69, 9.17) is 9.41 Å². The number of rotatable bonds is 6. The van der Waals surface area contributed by atoms with Crippen molar-refractivity contribution in [2.75, 3.05) is 13.1 Å². The molecule has 1 fully saturated rings. The van der Waals surface area contributed by atoms with Gasteiger partial charge in [0, 0.05) is 36.8 Å². The first-order chi connectivity index (χ1) is 15.6. The molecule has 0 N–H and O–H groups in total. The maximum atomic E-state index is 12.0. The summed E-state index contributed by atoms with van der Waals surface area (Å²) in [5, 5.41) is 3.22. The van der Waals surface area contributed by atoms with E-state index in [9.17, 15) is 4.79 Å². The Morgan fingerprint density at radius 1 is 1.06 bits per heavy atom. The predicted molar refractivity (Wildman–Crippen MR) is 129 cm³/mol. The van der Waals surface area contributed by atoms with E-state index in [0.29, 0.717) is 6.42 Å². The number of hydrogen-bond acceptors (Lipinski definition) is 4. The molecule has 3 heterocycles. The number of carbonyl (C=O) groups is 1. The van der Waals surface area contributed by atoms with Crippen LogP contribution < -0.4 is 4.80 Å². The summed E-state index contributed by atoms with van der Waals surface area (Å²) in [4.78, 5) is 19.9. The maximum absolute atomic E-state index is 12.0. The average molecular weight is 446 g/mol. The van der Waals surface area contributed by atoms with Crippen LogP contribution in [0, 0.1) is 13.8 Å². The van der Waals surface area contributed by atoms with Crippen LogP contribution in [0.5, 0.6) is 0 Å². The fourth-order valence-electron chi connectivity index (χ4n) is 4.43. The number of para-hydroxylation sites is 1. The van der Waals surface area contributed by atoms with E-state index in [2.05, 4.69) is 54.1 Å². The van der Waals surface area contributed by atoms with Crippen LogP contribution in [0.4, 0.5) is 5.69 Å². The third kappa shape index (κ3) is 4.28. The minimum atomic E-state index is 0.276. The van der Waals surface area contributed by atoms with Crippen molar-refractivity contribution in [1.29, 1.82) is 0 Å². The normalized spacial score (nSPS) is 14.8. The first-order valence-corrected chi connectivity index (χ1v) is 12.0. The van der Waals surface area contributed by atoms with E-state index in [1.165, 1.54) is 11.1 Å². The minimum absolute atomic E-state index is 0.276. The molecule has 32 heavy (non-hydrogen) atoms. The number of aryl methyl sites for hydroxylation is 2. The van der Waals surface area contributed by atoms with Gasteiger partial charge in [0.2, 0.25) is 5.91 Å². The van der Waals surface area contributed by atoms with Crippen molar-refractivity contribution in [3.63, 3.8) is 0 Å². The largest absolute Gasteiger partial charge is 0.454 e. The van der Waals surface area contributed by atoms with Crippen LogP contribution in [0.1, 0.15) is 30.4 Å². The second kappa shape index (κ2) is 8.79. The van der Waals surface area contributed by atoms with Gasteiger partial charge in [-0.2, -0.15) is 0 Å². The highest BCUT2D eigenvalue weighted by atomic mass is 32.1. The SMILES string of the molecule is Cc1cc(C)cc(N=c2scc(-c3cc4ccccc4o3)n2CCCN2CCCC2=O)c1. The van der Waals surface area contributed by atoms with Crippen LogP contribution >= 0.6 is 11.3 Å². The number of nitrogens with zero attached hydrogens (tertiary/aromatic N) is 3. The zero-order valence-electron chi connectivity index (χ0n) is 18.5. The number of likely N-dealkylation sites (tertiary alicyclic amines) is 1. The minimum Gasteiger partial charge on any atom is -0.454 e. The Bertz CT molecular complexity index is 1290. The van der Waals surface area contributed by atoms with E-state index < -0.39 is 0 Å². The molecule has 1 aliphatic heterocycles. The van der Waals surface area contributed by atoms with Gasteiger partial charge in [0.15, 0.2) is 10.6 Å². The molecule has 2 aromatic heterocycles. The molecule has 0 spiro atoms. The molecule has 0 radical (unpaired) electrons. The van der Waals surface area contributed by atoms with Crippen molar-refractivity contribution < 1.29 is 9.21 Å². The highest BCUT2D eigenvalue weighted by Gasteiger charge is 2.20. The van der Waals surface area contributed by atoms with E-state index in [1.807, 2.05) is 23.1 Å². The highest BCUT2D eigenvalue weighted by Crippen LogP contribution is 2.28. The van der Waals surface area contributed by atoms with Crippen molar-refractivity contribution in [2.24, 2.45) is 4.99 Å². The molecule has 2 aromatic carbocycles. The van der Waals surface area contributed by atoms with Gasteiger partial charge in [0.25, 0.3) is 0 Å². The molecule has 0 saturated carbocycles. The molecule has 1 aliphatic rings. The topological polar surface area (TPSA) is 50.7 Å². The van der Waals surface area contributed by atoms with Crippen molar-refractivity contribution in [1.82, 2.24) is 9.47 Å². The Morgan fingerprint density at radius 2 is 1.88 bits per heavy atom. The number of carbonyl (C=O) groups excluding carboxylic acids is 1. The summed E-state index contributed by atoms with van der Waals surface area (Å²) >= 11 is 1.63. The Labute approximate surface area is 191 Å². The van der Waals surface area contributed by atoms with Gasteiger partial charge in [-0.3, -0.25) is 4.79 Å². The highest BCUT2D eigenvalue weighted by molar-refractivity contribution is 7.07. The third-order valence-electron chi connectivity index (χ3n) is 5.89. The summed E-state index contributed by atoms with van der Waals surface area (Å²) in [6.07, 6.45) is 2.54. The zero-order chi connectivity index (χ0) is 22.1. The molecule has 0 bridgehead atoms. The van der Waals surface area contributed by atoms with Gasteiger partial charge in [-0.1, -0.05) is 24.3 Å². The number of amides is 1. The van der Waals surface area contributed by atoms with Crippen LogP contribution in [0.15, 0.2) is 63.3 Å². The Morgan fingerprint density at radius 3 is 2.62 bits per heavy atom. The predicted octanol–water partition coefficient (Wildman–Crippen LogP) is 5.82. The number of thiazole rings is 1. The number of hydrogen-bond donors (Lipinski definition) is 0. The van der Waals surface area contributed by atoms with Crippen LogP contribution in [0.3, 0.4) is 0 Å². The van der Waals surface area contributed by atoms with E-state index in [0.717, 1.165) is 65.4 Å². The lowest BCUT2D eigenvalue weighted by Gasteiger charge is -2.16. The van der Waals surface area contributed by atoms with E-state index in [1.54, 1.807) is 11.3 Å². The smallest absolute Gasteiger partial charge is 0.222 e. The lowest BCUT2D eigenvalue weighted by molar-refractivity contribution is -0.127. The standard InChI is InChI=1S/C26H27N3O2S/c1-18-13-19(2)15-21(14-18)27-26-29(12-6-11-28-10-5-9-25(28)30)22(17-32-26)24-16-20-7-3-4-8-23(20)31-24/h3-4,7-8,13-17H,5-6,9-12H2,1-2H3.